The van der Waals surface area contributed by atoms with Crippen LogP contribution >= 0.6 is 0 Å². The van der Waals surface area contributed by atoms with Crippen LogP contribution in [-0.2, 0) is 19.0 Å². The van der Waals surface area contributed by atoms with Gasteiger partial charge in [-0.2, -0.15) is 0 Å². The van der Waals surface area contributed by atoms with Gasteiger partial charge in [-0.25, -0.2) is 0 Å². The van der Waals surface area contributed by atoms with Gasteiger partial charge in [0.2, 0.25) is 0 Å². The first-order valence-electron chi connectivity index (χ1n) is 4.79. The summed E-state index contributed by atoms with van der Waals surface area (Å²) in [5.41, 5.74) is 0. The lowest BCUT2D eigenvalue weighted by atomic mass is 10.3. The summed E-state index contributed by atoms with van der Waals surface area (Å²) in [6, 6.07) is 0. The Morgan fingerprint density at radius 1 is 1.71 bits per heavy atom. The van der Waals surface area contributed by atoms with Gasteiger partial charge >= 0.3 is 5.97 Å². The van der Waals surface area contributed by atoms with Crippen molar-refractivity contribution in [3.63, 3.8) is 0 Å². The molecular formula is C9H17NO4. The van der Waals surface area contributed by atoms with Crippen LogP contribution in [0.15, 0.2) is 0 Å². The Morgan fingerprint density at radius 3 is 3.07 bits per heavy atom. The van der Waals surface area contributed by atoms with Crippen molar-refractivity contribution in [2.75, 3.05) is 26.3 Å². The summed E-state index contributed by atoms with van der Waals surface area (Å²) >= 11 is 0. The van der Waals surface area contributed by atoms with Gasteiger partial charge in [-0.05, 0) is 6.92 Å². The maximum Gasteiger partial charge on any atom is 0.304 e. The SMILES string of the molecule is CC(=O)OC(C)OCC1CNCCO1. The molecule has 1 rings (SSSR count). The Balaban J connectivity index is 2.09. The van der Waals surface area contributed by atoms with E-state index < -0.39 is 6.29 Å². The predicted molar refractivity (Wildman–Crippen MR) is 49.8 cm³/mol. The number of esters is 1. The first-order valence-corrected chi connectivity index (χ1v) is 4.79. The largest absolute Gasteiger partial charge is 0.436 e. The molecule has 0 aliphatic carbocycles. The lowest BCUT2D eigenvalue weighted by Crippen LogP contribution is -2.41. The second-order valence-corrected chi connectivity index (χ2v) is 3.21. The summed E-state index contributed by atoms with van der Waals surface area (Å²) in [6.45, 7) is 5.87. The van der Waals surface area contributed by atoms with Crippen LogP contribution in [0.1, 0.15) is 13.8 Å². The highest BCUT2D eigenvalue weighted by atomic mass is 16.7. The highest BCUT2D eigenvalue weighted by Gasteiger charge is 2.15. The minimum Gasteiger partial charge on any atom is -0.436 e. The third-order valence-electron chi connectivity index (χ3n) is 1.85. The van der Waals surface area contributed by atoms with Crippen molar-refractivity contribution in [2.24, 2.45) is 0 Å². The standard InChI is InChI=1S/C9H17NO4/c1-7(11)14-8(2)13-6-9-5-10-3-4-12-9/h8-10H,3-6H2,1-2H3. The Hall–Kier alpha value is -0.650. The highest BCUT2D eigenvalue weighted by molar-refractivity contribution is 5.65. The van der Waals surface area contributed by atoms with Crippen LogP contribution in [0.2, 0.25) is 0 Å². The number of ether oxygens (including phenoxy) is 3. The second kappa shape index (κ2) is 5.95. The molecule has 0 aromatic heterocycles. The molecule has 5 heteroatoms. The molecule has 1 heterocycles. The van der Waals surface area contributed by atoms with Crippen LogP contribution in [0.5, 0.6) is 0 Å². The smallest absolute Gasteiger partial charge is 0.304 e. The van der Waals surface area contributed by atoms with Crippen LogP contribution in [-0.4, -0.2) is 44.7 Å². The van der Waals surface area contributed by atoms with Gasteiger partial charge < -0.3 is 19.5 Å². The summed E-state index contributed by atoms with van der Waals surface area (Å²) in [5.74, 6) is -0.333. The first kappa shape index (κ1) is 11.4. The lowest BCUT2D eigenvalue weighted by Gasteiger charge is -2.24. The molecule has 0 aromatic rings. The number of carbonyl (C=O) groups is 1. The zero-order valence-corrected chi connectivity index (χ0v) is 8.62. The van der Waals surface area contributed by atoms with Gasteiger partial charge in [-0.3, -0.25) is 4.79 Å². The molecule has 82 valence electrons. The summed E-state index contributed by atoms with van der Waals surface area (Å²) < 4.78 is 15.5. The first-order chi connectivity index (χ1) is 6.68. The molecule has 0 bridgehead atoms. The molecule has 1 aliphatic rings. The van der Waals surface area contributed by atoms with Crippen LogP contribution in [0.3, 0.4) is 0 Å². The van der Waals surface area contributed by atoms with Crippen molar-refractivity contribution in [1.82, 2.24) is 5.32 Å². The zero-order chi connectivity index (χ0) is 10.4. The number of rotatable bonds is 4. The molecule has 5 nitrogen and oxygen atoms in total. The van der Waals surface area contributed by atoms with Crippen LogP contribution in [0, 0.1) is 0 Å². The van der Waals surface area contributed by atoms with E-state index in [2.05, 4.69) is 5.32 Å². The van der Waals surface area contributed by atoms with Gasteiger partial charge in [-0.15, -0.1) is 0 Å². The van der Waals surface area contributed by atoms with E-state index in [4.69, 9.17) is 14.2 Å². The molecule has 14 heavy (non-hydrogen) atoms. The maximum absolute atomic E-state index is 10.6. The normalized spacial score (nSPS) is 24.3. The van der Waals surface area contributed by atoms with E-state index >= 15 is 0 Å². The molecule has 0 saturated carbocycles. The van der Waals surface area contributed by atoms with Crippen LogP contribution < -0.4 is 5.32 Å². The molecule has 2 atom stereocenters. The molecule has 0 radical (unpaired) electrons. The minimum atomic E-state index is -0.502. The van der Waals surface area contributed by atoms with Crippen LogP contribution in [0.25, 0.3) is 0 Å². The van der Waals surface area contributed by atoms with E-state index in [1.54, 1.807) is 6.92 Å². The number of nitrogens with one attached hydrogen (secondary N) is 1. The Bertz CT molecular complexity index is 180. The highest BCUT2D eigenvalue weighted by Crippen LogP contribution is 2.00. The Morgan fingerprint density at radius 2 is 2.50 bits per heavy atom. The van der Waals surface area contributed by atoms with E-state index in [0.29, 0.717) is 13.2 Å². The van der Waals surface area contributed by atoms with Crippen molar-refractivity contribution in [1.29, 1.82) is 0 Å². The molecule has 1 saturated heterocycles. The van der Waals surface area contributed by atoms with Gasteiger partial charge in [-0.1, -0.05) is 0 Å². The molecule has 1 aliphatic heterocycles. The van der Waals surface area contributed by atoms with Crippen molar-refractivity contribution in [3.05, 3.63) is 0 Å². The average Bonchev–Trinajstić information content (AvgIpc) is 2.15. The van der Waals surface area contributed by atoms with Crippen molar-refractivity contribution in [2.45, 2.75) is 26.2 Å². The Kier molecular flexibility index (Phi) is 4.86. The van der Waals surface area contributed by atoms with Crippen molar-refractivity contribution >= 4 is 5.97 Å². The van der Waals surface area contributed by atoms with E-state index in [-0.39, 0.29) is 12.1 Å². The molecule has 0 spiro atoms. The monoisotopic (exact) mass is 203 g/mol. The number of hydrogen-bond acceptors (Lipinski definition) is 5. The fourth-order valence-electron chi connectivity index (χ4n) is 1.24. The van der Waals surface area contributed by atoms with Crippen molar-refractivity contribution < 1.29 is 19.0 Å². The predicted octanol–water partition coefficient (Wildman–Crippen LogP) is -0.0995. The fourth-order valence-corrected chi connectivity index (χ4v) is 1.24. The summed E-state index contributed by atoms with van der Waals surface area (Å²) in [4.78, 5) is 10.6. The molecule has 2 unspecified atom stereocenters. The Labute approximate surface area is 83.7 Å². The van der Waals surface area contributed by atoms with Gasteiger partial charge in [0.1, 0.15) is 0 Å². The molecule has 1 N–H and O–H groups in total. The van der Waals surface area contributed by atoms with Gasteiger partial charge in [0, 0.05) is 20.0 Å². The quantitative estimate of drug-likeness (QED) is 0.511. The van der Waals surface area contributed by atoms with Gasteiger partial charge in [0.05, 0.1) is 19.3 Å². The topological polar surface area (TPSA) is 56.8 Å². The van der Waals surface area contributed by atoms with E-state index in [9.17, 15) is 4.79 Å². The third-order valence-corrected chi connectivity index (χ3v) is 1.85. The summed E-state index contributed by atoms with van der Waals surface area (Å²) in [5, 5.41) is 3.19. The average molecular weight is 203 g/mol. The van der Waals surface area contributed by atoms with Crippen LogP contribution in [0.4, 0.5) is 0 Å². The number of carbonyl (C=O) groups excluding carboxylic acids is 1. The van der Waals surface area contributed by atoms with Gasteiger partial charge in [0.15, 0.2) is 6.29 Å². The maximum atomic E-state index is 10.6. The molecule has 1 fully saturated rings. The molecule has 0 amide bonds. The van der Waals surface area contributed by atoms with E-state index in [0.717, 1.165) is 13.1 Å². The number of hydrogen-bond donors (Lipinski definition) is 1. The van der Waals surface area contributed by atoms with E-state index in [1.165, 1.54) is 6.92 Å². The second-order valence-electron chi connectivity index (χ2n) is 3.21. The molecule has 0 aromatic carbocycles. The van der Waals surface area contributed by atoms with E-state index in [1.807, 2.05) is 0 Å². The fraction of sp³-hybridized carbons (Fsp3) is 0.889. The van der Waals surface area contributed by atoms with Crippen molar-refractivity contribution in [3.8, 4) is 0 Å². The summed E-state index contributed by atoms with van der Waals surface area (Å²) in [6.07, 6.45) is -0.445. The third kappa shape index (κ3) is 4.55. The summed E-state index contributed by atoms with van der Waals surface area (Å²) in [7, 11) is 0. The molecular weight excluding hydrogens is 186 g/mol. The lowest BCUT2D eigenvalue weighted by molar-refractivity contribution is -0.179. The van der Waals surface area contributed by atoms with Gasteiger partial charge in [0.25, 0.3) is 0 Å². The zero-order valence-electron chi connectivity index (χ0n) is 8.62. The number of morpholine rings is 1. The minimum absolute atomic E-state index is 0.0572.